The van der Waals surface area contributed by atoms with Crippen LogP contribution in [0.25, 0.3) is 0 Å². The molecule has 104 valence electrons. The molecule has 1 aromatic heterocycles. The van der Waals surface area contributed by atoms with Gasteiger partial charge in [0.25, 0.3) is 0 Å². The van der Waals surface area contributed by atoms with Crippen LogP contribution in [0.2, 0.25) is 0 Å². The van der Waals surface area contributed by atoms with E-state index in [2.05, 4.69) is 14.9 Å². The first-order valence-electron chi connectivity index (χ1n) is 7.31. The third kappa shape index (κ3) is 2.97. The van der Waals surface area contributed by atoms with E-state index in [4.69, 9.17) is 0 Å². The molecule has 1 aromatic rings. The van der Waals surface area contributed by atoms with Crippen molar-refractivity contribution in [3.63, 3.8) is 0 Å². The summed E-state index contributed by atoms with van der Waals surface area (Å²) in [7, 11) is 0. The Hall–Kier alpha value is -1.36. The monoisotopic (exact) mass is 262 g/mol. The lowest BCUT2D eigenvalue weighted by molar-refractivity contribution is -0.132. The summed E-state index contributed by atoms with van der Waals surface area (Å²) in [5.41, 5.74) is 0. The fourth-order valence-electron chi connectivity index (χ4n) is 3.17. The Balaban J connectivity index is 1.48. The minimum atomic E-state index is 0.323. The molecular weight excluding hydrogens is 240 g/mol. The summed E-state index contributed by atoms with van der Waals surface area (Å²) in [4.78, 5) is 18.3. The number of imidazole rings is 1. The van der Waals surface area contributed by atoms with Gasteiger partial charge in [0.1, 0.15) is 0 Å². The lowest BCUT2D eigenvalue weighted by Crippen LogP contribution is -2.41. The van der Waals surface area contributed by atoms with E-state index in [1.54, 1.807) is 0 Å². The molecule has 1 amide bonds. The number of carbonyl (C=O) groups excluding carboxylic acids is 1. The zero-order valence-corrected chi connectivity index (χ0v) is 11.3. The highest BCUT2D eigenvalue weighted by molar-refractivity contribution is 5.77. The van der Waals surface area contributed by atoms with Gasteiger partial charge in [-0.25, -0.2) is 4.98 Å². The molecule has 0 saturated carbocycles. The van der Waals surface area contributed by atoms with Crippen molar-refractivity contribution in [1.82, 2.24) is 19.8 Å². The number of nitrogens with one attached hydrogen (secondary N) is 1. The lowest BCUT2D eigenvalue weighted by atomic mass is 10.0. The number of rotatable bonds is 3. The number of carbonyl (C=O) groups is 1. The zero-order valence-electron chi connectivity index (χ0n) is 11.3. The van der Waals surface area contributed by atoms with Crippen molar-refractivity contribution >= 4 is 5.91 Å². The highest BCUT2D eigenvalue weighted by Crippen LogP contribution is 2.23. The summed E-state index contributed by atoms with van der Waals surface area (Å²) in [6, 6.07) is 0.926. The number of amides is 1. The number of likely N-dealkylation sites (tertiary alicyclic amines) is 1. The largest absolute Gasteiger partial charge is 0.342 e. The molecule has 0 aliphatic carbocycles. The molecule has 0 spiro atoms. The first kappa shape index (κ1) is 12.7. The number of nitrogens with zero attached hydrogens (tertiary/aromatic N) is 3. The van der Waals surface area contributed by atoms with Crippen molar-refractivity contribution in [2.45, 2.75) is 44.2 Å². The van der Waals surface area contributed by atoms with Gasteiger partial charge in [0, 0.05) is 44.0 Å². The zero-order chi connectivity index (χ0) is 13.1. The predicted molar refractivity (Wildman–Crippen MR) is 72.7 cm³/mol. The molecule has 2 saturated heterocycles. The normalized spacial score (nSPS) is 24.8. The van der Waals surface area contributed by atoms with Crippen LogP contribution < -0.4 is 5.32 Å². The average molecular weight is 262 g/mol. The summed E-state index contributed by atoms with van der Waals surface area (Å²) >= 11 is 0. The second-order valence-corrected chi connectivity index (χ2v) is 5.62. The molecule has 0 bridgehead atoms. The SMILES string of the molecule is O=C(CC1CCCN1)N1CCC(n2ccnc2)CC1. The molecule has 2 aliphatic heterocycles. The van der Waals surface area contributed by atoms with Crippen molar-refractivity contribution in [3.05, 3.63) is 18.7 Å². The Labute approximate surface area is 114 Å². The van der Waals surface area contributed by atoms with Gasteiger partial charge in [-0.15, -0.1) is 0 Å². The highest BCUT2D eigenvalue weighted by Gasteiger charge is 2.26. The Kier molecular flexibility index (Phi) is 3.82. The van der Waals surface area contributed by atoms with E-state index in [9.17, 15) is 4.79 Å². The van der Waals surface area contributed by atoms with Crippen LogP contribution in [0.15, 0.2) is 18.7 Å². The maximum absolute atomic E-state index is 12.2. The maximum atomic E-state index is 12.2. The Bertz CT molecular complexity index is 403. The standard InChI is InChI=1S/C14H22N4O/c19-14(10-12-2-1-5-16-12)17-7-3-13(4-8-17)18-9-6-15-11-18/h6,9,11-13,16H,1-5,7-8,10H2. The molecule has 3 heterocycles. The quantitative estimate of drug-likeness (QED) is 0.890. The van der Waals surface area contributed by atoms with E-state index in [1.165, 1.54) is 6.42 Å². The molecule has 1 unspecified atom stereocenters. The van der Waals surface area contributed by atoms with Crippen LogP contribution in [0.3, 0.4) is 0 Å². The third-order valence-corrected chi connectivity index (χ3v) is 4.35. The topological polar surface area (TPSA) is 50.2 Å². The first-order valence-corrected chi connectivity index (χ1v) is 7.31. The second-order valence-electron chi connectivity index (χ2n) is 5.62. The van der Waals surface area contributed by atoms with Gasteiger partial charge >= 0.3 is 0 Å². The number of hydrogen-bond acceptors (Lipinski definition) is 3. The molecule has 2 fully saturated rings. The van der Waals surface area contributed by atoms with Crippen molar-refractivity contribution in [2.75, 3.05) is 19.6 Å². The summed E-state index contributed by atoms with van der Waals surface area (Å²) in [6.45, 7) is 2.84. The van der Waals surface area contributed by atoms with E-state index < -0.39 is 0 Å². The minimum absolute atomic E-state index is 0.323. The van der Waals surface area contributed by atoms with E-state index >= 15 is 0 Å². The van der Waals surface area contributed by atoms with Crippen LogP contribution in [0.4, 0.5) is 0 Å². The molecule has 2 aliphatic rings. The maximum Gasteiger partial charge on any atom is 0.224 e. The molecule has 3 rings (SSSR count). The van der Waals surface area contributed by atoms with Crippen LogP contribution in [0.5, 0.6) is 0 Å². The van der Waals surface area contributed by atoms with Gasteiger partial charge < -0.3 is 14.8 Å². The molecule has 0 radical (unpaired) electrons. The van der Waals surface area contributed by atoms with E-state index in [0.29, 0.717) is 24.4 Å². The predicted octanol–water partition coefficient (Wildman–Crippen LogP) is 1.19. The van der Waals surface area contributed by atoms with Crippen LogP contribution in [-0.2, 0) is 4.79 Å². The van der Waals surface area contributed by atoms with Gasteiger partial charge in [0.2, 0.25) is 5.91 Å². The summed E-state index contributed by atoms with van der Waals surface area (Å²) in [6.07, 6.45) is 10.8. The van der Waals surface area contributed by atoms with Gasteiger partial charge in [-0.05, 0) is 32.2 Å². The molecule has 0 aromatic carbocycles. The first-order chi connectivity index (χ1) is 9.33. The van der Waals surface area contributed by atoms with Crippen LogP contribution in [-0.4, -0.2) is 46.0 Å². The van der Waals surface area contributed by atoms with E-state index in [-0.39, 0.29) is 0 Å². The van der Waals surface area contributed by atoms with Gasteiger partial charge in [-0.3, -0.25) is 4.79 Å². The van der Waals surface area contributed by atoms with Crippen molar-refractivity contribution in [2.24, 2.45) is 0 Å². The summed E-state index contributed by atoms with van der Waals surface area (Å²) < 4.78 is 2.17. The summed E-state index contributed by atoms with van der Waals surface area (Å²) in [5.74, 6) is 0.323. The fourth-order valence-corrected chi connectivity index (χ4v) is 3.17. The molecule has 19 heavy (non-hydrogen) atoms. The molecule has 5 nitrogen and oxygen atoms in total. The Morgan fingerprint density at radius 3 is 2.79 bits per heavy atom. The van der Waals surface area contributed by atoms with Crippen molar-refractivity contribution < 1.29 is 4.79 Å². The Morgan fingerprint density at radius 1 is 1.32 bits per heavy atom. The molecule has 1 N–H and O–H groups in total. The molecule has 1 atom stereocenters. The van der Waals surface area contributed by atoms with Crippen LogP contribution in [0.1, 0.15) is 38.1 Å². The van der Waals surface area contributed by atoms with Crippen LogP contribution >= 0.6 is 0 Å². The molecule has 5 heteroatoms. The lowest BCUT2D eigenvalue weighted by Gasteiger charge is -2.33. The number of aromatic nitrogens is 2. The fraction of sp³-hybridized carbons (Fsp3) is 0.714. The van der Waals surface area contributed by atoms with E-state index in [0.717, 1.165) is 38.9 Å². The van der Waals surface area contributed by atoms with E-state index in [1.807, 2.05) is 23.6 Å². The third-order valence-electron chi connectivity index (χ3n) is 4.35. The Morgan fingerprint density at radius 2 is 2.16 bits per heavy atom. The van der Waals surface area contributed by atoms with Gasteiger partial charge in [0.05, 0.1) is 6.33 Å². The van der Waals surface area contributed by atoms with Gasteiger partial charge in [0.15, 0.2) is 0 Å². The van der Waals surface area contributed by atoms with Crippen molar-refractivity contribution in [1.29, 1.82) is 0 Å². The number of piperidine rings is 1. The van der Waals surface area contributed by atoms with Crippen LogP contribution in [0, 0.1) is 0 Å². The highest BCUT2D eigenvalue weighted by atomic mass is 16.2. The molecular formula is C14H22N4O. The summed E-state index contributed by atoms with van der Waals surface area (Å²) in [5, 5.41) is 3.40. The smallest absolute Gasteiger partial charge is 0.224 e. The van der Waals surface area contributed by atoms with Crippen molar-refractivity contribution in [3.8, 4) is 0 Å². The second kappa shape index (κ2) is 5.74. The average Bonchev–Trinajstić information content (AvgIpc) is 3.12. The number of hydrogen-bond donors (Lipinski definition) is 1. The van der Waals surface area contributed by atoms with Gasteiger partial charge in [-0.2, -0.15) is 0 Å². The van der Waals surface area contributed by atoms with Gasteiger partial charge in [-0.1, -0.05) is 0 Å². The minimum Gasteiger partial charge on any atom is -0.342 e.